The fourth-order valence-electron chi connectivity index (χ4n) is 4.49. The second kappa shape index (κ2) is 6.12. The molecule has 0 N–H and O–H groups in total. The lowest BCUT2D eigenvalue weighted by molar-refractivity contribution is 0.0273. The number of nitrogens with zero attached hydrogens (tertiary/aromatic N) is 5. The molecule has 2 atom stereocenters. The van der Waals surface area contributed by atoms with Gasteiger partial charge in [0.1, 0.15) is 11.8 Å². The number of aromatic nitrogens is 3. The molecule has 0 aromatic carbocycles. The van der Waals surface area contributed by atoms with Crippen molar-refractivity contribution in [1.29, 1.82) is 0 Å². The highest BCUT2D eigenvalue weighted by atomic mass is 16.5. The Balaban J connectivity index is 1.37. The molecule has 27 heavy (non-hydrogen) atoms. The van der Waals surface area contributed by atoms with Crippen molar-refractivity contribution in [3.05, 3.63) is 24.2 Å². The minimum absolute atomic E-state index is 0.408. The zero-order valence-corrected chi connectivity index (χ0v) is 15.0. The maximum atomic E-state index is 6.06. The Morgan fingerprint density at radius 3 is 2.89 bits per heavy atom. The fraction of sp³-hybridized carbons (Fsp3) is 0.526. The predicted octanol–water partition coefficient (Wildman–Crippen LogP) is 1.58. The van der Waals surface area contributed by atoms with Gasteiger partial charge in [-0.15, -0.1) is 0 Å². The summed E-state index contributed by atoms with van der Waals surface area (Å²) >= 11 is 0. The molecular formula is C19H21N5O3. The van der Waals surface area contributed by atoms with E-state index in [-0.39, 0.29) is 0 Å². The quantitative estimate of drug-likeness (QED) is 0.691. The molecule has 0 saturated carbocycles. The van der Waals surface area contributed by atoms with Gasteiger partial charge in [0.2, 0.25) is 5.71 Å². The molecule has 0 radical (unpaired) electrons. The van der Waals surface area contributed by atoms with Crippen LogP contribution >= 0.6 is 0 Å². The normalized spacial score (nSPS) is 25.9. The number of anilines is 1. The Hall–Kier alpha value is -2.29. The van der Waals surface area contributed by atoms with Crippen LogP contribution in [0.2, 0.25) is 0 Å². The molecule has 0 aliphatic carbocycles. The van der Waals surface area contributed by atoms with Crippen molar-refractivity contribution >= 4 is 28.0 Å². The van der Waals surface area contributed by atoms with Crippen molar-refractivity contribution in [3.63, 3.8) is 0 Å². The van der Waals surface area contributed by atoms with Gasteiger partial charge in [0.05, 0.1) is 31.3 Å². The smallest absolute Gasteiger partial charge is 0.229 e. The van der Waals surface area contributed by atoms with E-state index in [0.717, 1.165) is 55.9 Å². The van der Waals surface area contributed by atoms with Crippen LogP contribution in [-0.2, 0) is 16.0 Å². The Bertz CT molecular complexity index is 1000. The summed E-state index contributed by atoms with van der Waals surface area (Å²) in [4.78, 5) is 18.2. The van der Waals surface area contributed by atoms with Crippen LogP contribution in [0, 0.1) is 0 Å². The molecule has 3 aliphatic rings. The van der Waals surface area contributed by atoms with Crippen molar-refractivity contribution in [1.82, 2.24) is 19.9 Å². The first-order chi connectivity index (χ1) is 13.3. The van der Waals surface area contributed by atoms with E-state index in [0.29, 0.717) is 36.7 Å². The first-order valence-electron chi connectivity index (χ1n) is 9.55. The molecule has 3 saturated heterocycles. The van der Waals surface area contributed by atoms with Crippen molar-refractivity contribution in [2.24, 2.45) is 0 Å². The van der Waals surface area contributed by atoms with Gasteiger partial charge >= 0.3 is 0 Å². The molecular weight excluding hydrogens is 346 g/mol. The third-order valence-corrected chi connectivity index (χ3v) is 5.86. The topological polar surface area (TPSA) is 76.8 Å². The van der Waals surface area contributed by atoms with Gasteiger partial charge in [0.25, 0.3) is 0 Å². The van der Waals surface area contributed by atoms with Crippen molar-refractivity contribution in [2.75, 3.05) is 44.4 Å². The number of hydrogen-bond acceptors (Lipinski definition) is 8. The van der Waals surface area contributed by atoms with Crippen LogP contribution < -0.4 is 4.90 Å². The molecule has 3 fully saturated rings. The van der Waals surface area contributed by atoms with Crippen molar-refractivity contribution in [2.45, 2.75) is 25.1 Å². The maximum absolute atomic E-state index is 6.06. The van der Waals surface area contributed by atoms with Crippen LogP contribution in [0.5, 0.6) is 0 Å². The maximum Gasteiger partial charge on any atom is 0.229 e. The number of morpholine rings is 2. The van der Waals surface area contributed by atoms with Gasteiger partial charge in [-0.1, -0.05) is 0 Å². The number of pyridine rings is 1. The summed E-state index contributed by atoms with van der Waals surface area (Å²) in [7, 11) is 0. The second-order valence-corrected chi connectivity index (χ2v) is 7.55. The highest BCUT2D eigenvalue weighted by molar-refractivity contribution is 6.04. The number of rotatable bonds is 3. The van der Waals surface area contributed by atoms with Gasteiger partial charge < -0.3 is 18.8 Å². The van der Waals surface area contributed by atoms with Gasteiger partial charge in [-0.05, 0) is 18.1 Å². The van der Waals surface area contributed by atoms with Crippen molar-refractivity contribution < 1.29 is 13.9 Å². The van der Waals surface area contributed by atoms with Crippen LogP contribution in [0.1, 0.15) is 12.0 Å². The molecule has 3 aliphatic heterocycles. The summed E-state index contributed by atoms with van der Waals surface area (Å²) in [5, 5.41) is 0.958. The summed E-state index contributed by atoms with van der Waals surface area (Å²) in [5.74, 6) is 0.830. The van der Waals surface area contributed by atoms with Gasteiger partial charge in [-0.25, -0.2) is 15.0 Å². The number of ether oxygens (including phenoxy) is 2. The predicted molar refractivity (Wildman–Crippen MR) is 98.7 cm³/mol. The first-order valence-corrected chi connectivity index (χ1v) is 9.55. The van der Waals surface area contributed by atoms with E-state index in [1.807, 2.05) is 6.20 Å². The molecule has 2 bridgehead atoms. The fourth-order valence-corrected chi connectivity index (χ4v) is 4.49. The van der Waals surface area contributed by atoms with Crippen LogP contribution in [0.15, 0.2) is 23.0 Å². The Kier molecular flexibility index (Phi) is 3.57. The molecule has 6 heterocycles. The lowest BCUT2D eigenvalue weighted by Crippen LogP contribution is -2.36. The second-order valence-electron chi connectivity index (χ2n) is 7.55. The number of furan rings is 1. The van der Waals surface area contributed by atoms with E-state index in [2.05, 4.69) is 30.8 Å². The third kappa shape index (κ3) is 2.59. The molecule has 6 rings (SSSR count). The van der Waals surface area contributed by atoms with E-state index < -0.39 is 0 Å². The van der Waals surface area contributed by atoms with Crippen LogP contribution in [0.4, 0.5) is 5.82 Å². The van der Waals surface area contributed by atoms with Crippen LogP contribution in [-0.4, -0.2) is 71.5 Å². The summed E-state index contributed by atoms with van der Waals surface area (Å²) in [6.07, 6.45) is 5.09. The highest BCUT2D eigenvalue weighted by Crippen LogP contribution is 2.33. The Labute approximate surface area is 156 Å². The summed E-state index contributed by atoms with van der Waals surface area (Å²) in [5.41, 5.74) is 3.36. The largest absolute Gasteiger partial charge is 0.432 e. The molecule has 0 unspecified atom stereocenters. The zero-order valence-electron chi connectivity index (χ0n) is 15.0. The number of hydrogen-bond donors (Lipinski definition) is 0. The number of fused-ring (bicyclic) bond motifs is 5. The van der Waals surface area contributed by atoms with E-state index in [1.54, 1.807) is 6.33 Å². The molecule has 3 aromatic rings. The molecule has 3 aromatic heterocycles. The Morgan fingerprint density at radius 1 is 1.15 bits per heavy atom. The summed E-state index contributed by atoms with van der Waals surface area (Å²) in [6, 6.07) is 2.71. The molecule has 8 heteroatoms. The van der Waals surface area contributed by atoms with E-state index >= 15 is 0 Å². The molecule has 0 spiro atoms. The lowest BCUT2D eigenvalue weighted by Gasteiger charge is -2.27. The van der Waals surface area contributed by atoms with E-state index in [1.165, 1.54) is 5.56 Å². The lowest BCUT2D eigenvalue weighted by atomic mass is 10.2. The number of likely N-dealkylation sites (tertiary alicyclic amines) is 1. The summed E-state index contributed by atoms with van der Waals surface area (Å²) in [6.45, 7) is 5.78. The monoisotopic (exact) mass is 367 g/mol. The SMILES string of the molecule is c1nc(N2CCOCC2)c2oc3ncc(CN4C[C@@H]5C[C@H]4CO5)cc3c2n1. The van der Waals surface area contributed by atoms with E-state index in [4.69, 9.17) is 13.9 Å². The zero-order chi connectivity index (χ0) is 17.8. The average Bonchev–Trinajstić information content (AvgIpc) is 3.42. The van der Waals surface area contributed by atoms with Gasteiger partial charge in [-0.3, -0.25) is 4.90 Å². The molecule has 140 valence electrons. The van der Waals surface area contributed by atoms with Crippen LogP contribution in [0.3, 0.4) is 0 Å². The first kappa shape index (κ1) is 15.7. The van der Waals surface area contributed by atoms with E-state index in [9.17, 15) is 0 Å². The van der Waals surface area contributed by atoms with Gasteiger partial charge in [0, 0.05) is 38.4 Å². The van der Waals surface area contributed by atoms with Gasteiger partial charge in [-0.2, -0.15) is 0 Å². The molecule has 0 amide bonds. The highest BCUT2D eigenvalue weighted by Gasteiger charge is 2.38. The average molecular weight is 367 g/mol. The molecule has 8 nitrogen and oxygen atoms in total. The minimum Gasteiger partial charge on any atom is -0.432 e. The van der Waals surface area contributed by atoms with Gasteiger partial charge in [0.15, 0.2) is 11.4 Å². The standard InChI is InChI=1S/C19H21N5O3/c1-3-25-4-2-23(1)18-17-16(21-11-22-18)15-5-12(7-20-19(15)27-17)8-24-9-14-6-13(24)10-26-14/h5,7,11,13-14H,1-4,6,8-10H2/t13-,14-/m0/s1. The van der Waals surface area contributed by atoms with Crippen LogP contribution in [0.25, 0.3) is 22.2 Å². The summed E-state index contributed by atoms with van der Waals surface area (Å²) < 4.78 is 17.2. The third-order valence-electron chi connectivity index (χ3n) is 5.86. The Morgan fingerprint density at radius 2 is 2.07 bits per heavy atom. The van der Waals surface area contributed by atoms with Crippen molar-refractivity contribution in [3.8, 4) is 0 Å². The minimum atomic E-state index is 0.408.